The first kappa shape index (κ1) is 14.9. The van der Waals surface area contributed by atoms with Crippen molar-refractivity contribution in [2.24, 2.45) is 11.7 Å². The van der Waals surface area contributed by atoms with Crippen LogP contribution in [-0.2, 0) is 9.84 Å². The van der Waals surface area contributed by atoms with Crippen LogP contribution < -0.4 is 5.73 Å². The monoisotopic (exact) mass is 236 g/mol. The normalized spacial score (nSPS) is 17.1. The molecule has 1 unspecified atom stereocenters. The van der Waals surface area contributed by atoms with Crippen molar-refractivity contribution in [3.8, 4) is 0 Å². The van der Waals surface area contributed by atoms with E-state index in [-0.39, 0.29) is 11.3 Å². The molecule has 0 aliphatic rings. The van der Waals surface area contributed by atoms with Gasteiger partial charge in [0, 0.05) is 24.9 Å². The second kappa shape index (κ2) is 5.27. The molecule has 4 nitrogen and oxygen atoms in total. The van der Waals surface area contributed by atoms with E-state index < -0.39 is 9.84 Å². The number of nitrogens with zero attached hydrogens (tertiary/aromatic N) is 1. The van der Waals surface area contributed by atoms with Crippen LogP contribution in [0.15, 0.2) is 0 Å². The van der Waals surface area contributed by atoms with Gasteiger partial charge in [-0.2, -0.15) is 0 Å². The van der Waals surface area contributed by atoms with E-state index in [9.17, 15) is 8.42 Å². The quantitative estimate of drug-likeness (QED) is 0.722. The summed E-state index contributed by atoms with van der Waals surface area (Å²) in [6.07, 6.45) is 1.26. The molecule has 0 saturated heterocycles. The van der Waals surface area contributed by atoms with Crippen LogP contribution in [0.5, 0.6) is 0 Å². The molecule has 2 N–H and O–H groups in total. The van der Waals surface area contributed by atoms with Crippen LogP contribution in [0.2, 0.25) is 0 Å². The van der Waals surface area contributed by atoms with Crippen molar-refractivity contribution in [2.45, 2.75) is 26.3 Å². The summed E-state index contributed by atoms with van der Waals surface area (Å²) in [4.78, 5) is 2.04. The standard InChI is InChI=1S/C10H24N2O2S/c1-9(2)10(3,8-11)12(4)6-7-15(5,13)14/h9H,6-8,11H2,1-5H3. The molecule has 1 atom stereocenters. The van der Waals surface area contributed by atoms with Gasteiger partial charge < -0.3 is 5.73 Å². The number of sulfone groups is 1. The number of rotatable bonds is 6. The first-order valence-corrected chi connectivity index (χ1v) is 7.28. The van der Waals surface area contributed by atoms with Gasteiger partial charge in [0.25, 0.3) is 0 Å². The summed E-state index contributed by atoms with van der Waals surface area (Å²) in [7, 11) is -0.967. The Morgan fingerprint density at radius 1 is 1.40 bits per heavy atom. The van der Waals surface area contributed by atoms with Gasteiger partial charge in [-0.25, -0.2) is 8.42 Å². The molecule has 0 spiro atoms. The minimum absolute atomic E-state index is 0.134. The summed E-state index contributed by atoms with van der Waals surface area (Å²) in [5.74, 6) is 0.582. The van der Waals surface area contributed by atoms with Gasteiger partial charge in [0.2, 0.25) is 0 Å². The Morgan fingerprint density at radius 3 is 2.13 bits per heavy atom. The molecule has 0 aromatic carbocycles. The van der Waals surface area contributed by atoms with Crippen LogP contribution in [0.3, 0.4) is 0 Å². The fourth-order valence-corrected chi connectivity index (χ4v) is 2.00. The fourth-order valence-electron chi connectivity index (χ4n) is 1.39. The van der Waals surface area contributed by atoms with E-state index in [0.29, 0.717) is 19.0 Å². The van der Waals surface area contributed by atoms with E-state index in [0.717, 1.165) is 0 Å². The van der Waals surface area contributed by atoms with Gasteiger partial charge in [0.05, 0.1) is 5.75 Å². The molecular weight excluding hydrogens is 212 g/mol. The zero-order chi connectivity index (χ0) is 12.3. The first-order valence-electron chi connectivity index (χ1n) is 5.22. The molecule has 0 rings (SSSR count). The van der Waals surface area contributed by atoms with Gasteiger partial charge in [0.15, 0.2) is 0 Å². The van der Waals surface area contributed by atoms with Crippen molar-refractivity contribution in [2.75, 3.05) is 32.1 Å². The molecule has 15 heavy (non-hydrogen) atoms. The van der Waals surface area contributed by atoms with Crippen LogP contribution in [0.1, 0.15) is 20.8 Å². The third-order valence-electron chi connectivity index (χ3n) is 3.33. The summed E-state index contributed by atoms with van der Waals surface area (Å²) >= 11 is 0. The Kier molecular flexibility index (Phi) is 5.23. The summed E-state index contributed by atoms with van der Waals surface area (Å²) < 4.78 is 22.1. The first-order chi connectivity index (χ1) is 6.63. The van der Waals surface area contributed by atoms with Gasteiger partial charge in [-0.15, -0.1) is 0 Å². The summed E-state index contributed by atoms with van der Waals surface area (Å²) in [6, 6.07) is 0. The molecule has 0 fully saturated rings. The summed E-state index contributed by atoms with van der Waals surface area (Å²) in [6.45, 7) is 7.34. The lowest BCUT2D eigenvalue weighted by Gasteiger charge is -2.41. The van der Waals surface area contributed by atoms with Crippen LogP contribution in [0.25, 0.3) is 0 Å². The molecule has 0 saturated carbocycles. The third kappa shape index (κ3) is 4.49. The average molecular weight is 236 g/mol. The smallest absolute Gasteiger partial charge is 0.148 e. The van der Waals surface area contributed by atoms with Crippen molar-refractivity contribution in [3.63, 3.8) is 0 Å². The highest BCUT2D eigenvalue weighted by Gasteiger charge is 2.31. The zero-order valence-corrected chi connectivity index (χ0v) is 11.3. The van der Waals surface area contributed by atoms with Crippen LogP contribution in [0.4, 0.5) is 0 Å². The van der Waals surface area contributed by atoms with Gasteiger partial charge >= 0.3 is 0 Å². The Morgan fingerprint density at radius 2 is 1.87 bits per heavy atom. The van der Waals surface area contributed by atoms with E-state index in [2.05, 4.69) is 20.8 Å². The number of nitrogens with two attached hydrogens (primary N) is 1. The maximum absolute atomic E-state index is 11.1. The van der Waals surface area contributed by atoms with E-state index in [1.165, 1.54) is 6.26 Å². The summed E-state index contributed by atoms with van der Waals surface area (Å²) in [5.41, 5.74) is 5.62. The second-order valence-electron chi connectivity index (χ2n) is 4.77. The topological polar surface area (TPSA) is 63.4 Å². The van der Waals surface area contributed by atoms with E-state index in [1.807, 2.05) is 11.9 Å². The molecule has 0 aliphatic carbocycles. The lowest BCUT2D eigenvalue weighted by atomic mass is 9.87. The van der Waals surface area contributed by atoms with Crippen molar-refractivity contribution in [1.29, 1.82) is 0 Å². The highest BCUT2D eigenvalue weighted by molar-refractivity contribution is 7.90. The lowest BCUT2D eigenvalue weighted by Crippen LogP contribution is -2.54. The van der Waals surface area contributed by atoms with Crippen LogP contribution >= 0.6 is 0 Å². The van der Waals surface area contributed by atoms with Gasteiger partial charge in [-0.1, -0.05) is 13.8 Å². The van der Waals surface area contributed by atoms with Crippen molar-refractivity contribution >= 4 is 9.84 Å². The maximum atomic E-state index is 11.1. The second-order valence-corrected chi connectivity index (χ2v) is 7.03. The van der Waals surface area contributed by atoms with Crippen LogP contribution in [-0.4, -0.2) is 51.0 Å². The molecule has 0 aromatic heterocycles. The Bertz CT molecular complexity index is 288. The predicted molar refractivity (Wildman–Crippen MR) is 64.6 cm³/mol. The maximum Gasteiger partial charge on any atom is 0.148 e. The molecule has 0 heterocycles. The van der Waals surface area contributed by atoms with E-state index in [1.54, 1.807) is 0 Å². The van der Waals surface area contributed by atoms with Gasteiger partial charge in [-0.05, 0) is 19.9 Å². The molecule has 92 valence electrons. The molecule has 0 aliphatic heterocycles. The Hall–Kier alpha value is -0.130. The van der Waals surface area contributed by atoms with Crippen LogP contribution in [0, 0.1) is 5.92 Å². The Labute approximate surface area is 93.7 Å². The molecule has 0 radical (unpaired) electrons. The third-order valence-corrected chi connectivity index (χ3v) is 4.25. The fraction of sp³-hybridized carbons (Fsp3) is 1.00. The average Bonchev–Trinajstić information content (AvgIpc) is 2.11. The van der Waals surface area contributed by atoms with E-state index in [4.69, 9.17) is 5.73 Å². The summed E-state index contributed by atoms with van der Waals surface area (Å²) in [5, 5.41) is 0. The van der Waals surface area contributed by atoms with Crippen molar-refractivity contribution in [3.05, 3.63) is 0 Å². The predicted octanol–water partition coefficient (Wildman–Crippen LogP) is 0.336. The molecular formula is C10H24N2O2S. The van der Waals surface area contributed by atoms with Gasteiger partial charge in [0.1, 0.15) is 9.84 Å². The van der Waals surface area contributed by atoms with Gasteiger partial charge in [-0.3, -0.25) is 4.90 Å². The molecule has 0 aromatic rings. The molecule has 0 bridgehead atoms. The highest BCUT2D eigenvalue weighted by Crippen LogP contribution is 2.21. The minimum atomic E-state index is -2.90. The zero-order valence-electron chi connectivity index (χ0n) is 10.4. The number of likely N-dealkylation sites (N-methyl/N-ethyl adjacent to an activating group) is 1. The molecule has 5 heteroatoms. The SMILES string of the molecule is CC(C)C(C)(CN)N(C)CCS(C)(=O)=O. The van der Waals surface area contributed by atoms with Crippen molar-refractivity contribution < 1.29 is 8.42 Å². The Balaban J connectivity index is 4.48. The lowest BCUT2D eigenvalue weighted by molar-refractivity contribution is 0.102. The highest BCUT2D eigenvalue weighted by atomic mass is 32.2. The number of hydrogen-bond donors (Lipinski definition) is 1. The minimum Gasteiger partial charge on any atom is -0.329 e. The largest absolute Gasteiger partial charge is 0.329 e. The van der Waals surface area contributed by atoms with E-state index >= 15 is 0 Å². The number of hydrogen-bond acceptors (Lipinski definition) is 4. The molecule has 0 amide bonds. The van der Waals surface area contributed by atoms with Crippen molar-refractivity contribution in [1.82, 2.24) is 4.90 Å².